The number of allylic oxidation sites excluding steroid dienone is 1. The van der Waals surface area contributed by atoms with Gasteiger partial charge in [0, 0.05) is 16.7 Å². The number of fused-ring (bicyclic) bond motifs is 2. The highest BCUT2D eigenvalue weighted by Crippen LogP contribution is 2.37. The summed E-state index contributed by atoms with van der Waals surface area (Å²) in [7, 11) is 0. The maximum atomic E-state index is 14.0. The summed E-state index contributed by atoms with van der Waals surface area (Å²) in [6, 6.07) is 8.14. The number of halogens is 1. The molecule has 0 spiro atoms. The van der Waals surface area contributed by atoms with Crippen LogP contribution in [0.5, 0.6) is 5.75 Å². The van der Waals surface area contributed by atoms with E-state index in [-0.39, 0.29) is 25.7 Å². The highest BCUT2D eigenvalue weighted by Gasteiger charge is 2.36. The molecule has 2 aliphatic heterocycles. The number of hydrogen-bond donors (Lipinski definition) is 1. The zero-order valence-corrected chi connectivity index (χ0v) is 14.6. The number of carbonyl (C=O) groups excluding carboxylic acids is 1. The molecular weight excluding hydrogens is 351 g/mol. The Morgan fingerprint density at radius 2 is 2.22 bits per heavy atom. The monoisotopic (exact) mass is 368 g/mol. The van der Waals surface area contributed by atoms with Crippen molar-refractivity contribution in [3.63, 3.8) is 0 Å². The van der Waals surface area contributed by atoms with E-state index in [9.17, 15) is 14.4 Å². The van der Waals surface area contributed by atoms with Crippen LogP contribution in [0.2, 0.25) is 0 Å². The first-order chi connectivity index (χ1) is 13.1. The van der Waals surface area contributed by atoms with Gasteiger partial charge in [0.1, 0.15) is 11.6 Å². The summed E-state index contributed by atoms with van der Waals surface area (Å²) in [4.78, 5) is 14.3. The molecule has 27 heavy (non-hydrogen) atoms. The lowest BCUT2D eigenvalue weighted by molar-refractivity contribution is -0.112. The Kier molecular flexibility index (Phi) is 4.37. The first-order valence-corrected chi connectivity index (χ1v) is 8.46. The molecule has 138 valence electrons. The van der Waals surface area contributed by atoms with Crippen LogP contribution in [-0.4, -0.2) is 23.6 Å². The van der Waals surface area contributed by atoms with Crippen LogP contribution < -0.4 is 9.64 Å². The molecule has 0 atom stereocenters. The number of amides is 1. The van der Waals surface area contributed by atoms with Crippen molar-refractivity contribution in [2.75, 3.05) is 11.7 Å². The van der Waals surface area contributed by atoms with E-state index in [1.54, 1.807) is 6.07 Å². The van der Waals surface area contributed by atoms with Crippen molar-refractivity contribution in [3.8, 4) is 5.75 Å². The van der Waals surface area contributed by atoms with Crippen LogP contribution in [0.4, 0.5) is 10.1 Å². The SMILES string of the molecule is C/C=C/c1cccc2c1/C(=N/O)C(=O)N2Cc1cc(F)cc2c1OCOC2. The fraction of sp³-hybridized carbons (Fsp3) is 0.200. The van der Waals surface area contributed by atoms with Crippen molar-refractivity contribution >= 4 is 23.4 Å². The van der Waals surface area contributed by atoms with E-state index >= 15 is 0 Å². The maximum absolute atomic E-state index is 14.0. The number of anilines is 1. The molecular formula is C20H17FN2O4. The van der Waals surface area contributed by atoms with Gasteiger partial charge in [-0.15, -0.1) is 0 Å². The molecule has 2 heterocycles. The summed E-state index contributed by atoms with van der Waals surface area (Å²) < 4.78 is 24.8. The Balaban J connectivity index is 1.80. The molecule has 0 radical (unpaired) electrons. The molecule has 0 aromatic heterocycles. The van der Waals surface area contributed by atoms with Gasteiger partial charge in [-0.25, -0.2) is 4.39 Å². The number of carbonyl (C=O) groups is 1. The second-order valence-corrected chi connectivity index (χ2v) is 6.25. The second-order valence-electron chi connectivity index (χ2n) is 6.25. The zero-order chi connectivity index (χ0) is 19.0. The molecule has 1 amide bonds. The molecule has 0 saturated carbocycles. The molecule has 4 rings (SSSR count). The third-order valence-electron chi connectivity index (χ3n) is 4.58. The Bertz CT molecular complexity index is 984. The zero-order valence-electron chi connectivity index (χ0n) is 14.6. The van der Waals surface area contributed by atoms with Crippen LogP contribution in [0.3, 0.4) is 0 Å². The highest BCUT2D eigenvalue weighted by atomic mass is 19.1. The molecule has 2 aromatic rings. The molecule has 6 nitrogen and oxygen atoms in total. The number of ether oxygens (including phenoxy) is 2. The Hall–Kier alpha value is -3.19. The van der Waals surface area contributed by atoms with Crippen molar-refractivity contribution in [1.29, 1.82) is 0 Å². The largest absolute Gasteiger partial charge is 0.467 e. The van der Waals surface area contributed by atoms with E-state index in [0.717, 1.165) is 5.56 Å². The number of benzene rings is 2. The predicted octanol–water partition coefficient (Wildman–Crippen LogP) is 3.45. The van der Waals surface area contributed by atoms with Crippen molar-refractivity contribution in [2.45, 2.75) is 20.1 Å². The average Bonchev–Trinajstić information content (AvgIpc) is 2.94. The molecule has 2 aliphatic rings. The summed E-state index contributed by atoms with van der Waals surface area (Å²) in [6.07, 6.45) is 3.68. The van der Waals surface area contributed by atoms with E-state index in [1.807, 2.05) is 31.2 Å². The maximum Gasteiger partial charge on any atom is 0.281 e. The van der Waals surface area contributed by atoms with Crippen LogP contribution in [0.1, 0.15) is 29.2 Å². The lowest BCUT2D eigenvalue weighted by Gasteiger charge is -2.24. The number of nitrogens with zero attached hydrogens (tertiary/aromatic N) is 2. The summed E-state index contributed by atoms with van der Waals surface area (Å²) in [5.41, 5.74) is 3.02. The fourth-order valence-electron chi connectivity index (χ4n) is 3.50. The van der Waals surface area contributed by atoms with Gasteiger partial charge in [0.2, 0.25) is 0 Å². The molecule has 0 bridgehead atoms. The summed E-state index contributed by atoms with van der Waals surface area (Å²) in [5.74, 6) is -0.353. The minimum absolute atomic E-state index is 0.0341. The van der Waals surface area contributed by atoms with Crippen molar-refractivity contribution in [2.24, 2.45) is 5.16 Å². The molecule has 0 saturated heterocycles. The molecule has 0 fully saturated rings. The normalized spacial score (nSPS) is 17.3. The highest BCUT2D eigenvalue weighted by molar-refractivity contribution is 6.54. The topological polar surface area (TPSA) is 71.4 Å². The van der Waals surface area contributed by atoms with Gasteiger partial charge >= 0.3 is 0 Å². The van der Waals surface area contributed by atoms with E-state index < -0.39 is 11.7 Å². The minimum atomic E-state index is -0.450. The number of rotatable bonds is 3. The quantitative estimate of drug-likeness (QED) is 0.665. The van der Waals surface area contributed by atoms with Crippen molar-refractivity contribution < 1.29 is 23.9 Å². The van der Waals surface area contributed by atoms with Gasteiger partial charge in [0.25, 0.3) is 5.91 Å². The third kappa shape index (κ3) is 2.86. The van der Waals surface area contributed by atoms with Gasteiger partial charge in [-0.1, -0.05) is 29.4 Å². The van der Waals surface area contributed by atoms with E-state index in [0.29, 0.717) is 28.1 Å². The lowest BCUT2D eigenvalue weighted by atomic mass is 10.0. The van der Waals surface area contributed by atoms with Crippen molar-refractivity contribution in [3.05, 3.63) is 64.5 Å². The Morgan fingerprint density at radius 1 is 1.37 bits per heavy atom. The van der Waals surface area contributed by atoms with Crippen LogP contribution in [-0.2, 0) is 22.7 Å². The van der Waals surface area contributed by atoms with Gasteiger partial charge in [0.05, 0.1) is 18.8 Å². The first-order valence-electron chi connectivity index (χ1n) is 8.46. The minimum Gasteiger partial charge on any atom is -0.467 e. The summed E-state index contributed by atoms with van der Waals surface area (Å²) in [5, 5.41) is 12.6. The Labute approximate surface area is 155 Å². The van der Waals surface area contributed by atoms with E-state index in [1.165, 1.54) is 17.0 Å². The van der Waals surface area contributed by atoms with Crippen molar-refractivity contribution in [1.82, 2.24) is 0 Å². The van der Waals surface area contributed by atoms with Crippen LogP contribution in [0.25, 0.3) is 6.08 Å². The van der Waals surface area contributed by atoms with E-state index in [2.05, 4.69) is 5.16 Å². The smallest absolute Gasteiger partial charge is 0.281 e. The van der Waals surface area contributed by atoms with Gasteiger partial charge in [-0.2, -0.15) is 0 Å². The molecule has 0 aliphatic carbocycles. The van der Waals surface area contributed by atoms with Gasteiger partial charge in [-0.3, -0.25) is 4.79 Å². The molecule has 0 unspecified atom stereocenters. The molecule has 7 heteroatoms. The summed E-state index contributed by atoms with van der Waals surface area (Å²) >= 11 is 0. The number of hydrogen-bond acceptors (Lipinski definition) is 5. The Morgan fingerprint density at radius 3 is 3.00 bits per heavy atom. The molecule has 1 N–H and O–H groups in total. The second kappa shape index (κ2) is 6.85. The lowest BCUT2D eigenvalue weighted by Crippen LogP contribution is -2.30. The average molecular weight is 368 g/mol. The predicted molar refractivity (Wildman–Crippen MR) is 97.3 cm³/mol. The fourth-order valence-corrected chi connectivity index (χ4v) is 3.50. The van der Waals surface area contributed by atoms with Gasteiger partial charge in [-0.05, 0) is 30.7 Å². The van der Waals surface area contributed by atoms with Crippen LogP contribution >= 0.6 is 0 Å². The molecule has 2 aromatic carbocycles. The van der Waals surface area contributed by atoms with Crippen LogP contribution in [0, 0.1) is 5.82 Å². The standard InChI is InChI=1S/C20H17FN2O4/c1-2-4-12-5-3-6-16-17(12)18(22-25)20(24)23(16)9-13-7-15(21)8-14-10-26-11-27-19(13)14/h2-8,25H,9-11H2,1H3/b4-2+,22-18-. The third-order valence-corrected chi connectivity index (χ3v) is 4.58. The number of oxime groups is 1. The summed E-state index contributed by atoms with van der Waals surface area (Å²) in [6.45, 7) is 2.27. The van der Waals surface area contributed by atoms with Crippen LogP contribution in [0.15, 0.2) is 41.6 Å². The van der Waals surface area contributed by atoms with E-state index in [4.69, 9.17) is 9.47 Å². The van der Waals surface area contributed by atoms with Gasteiger partial charge in [0.15, 0.2) is 12.5 Å². The first kappa shape index (κ1) is 17.2. The van der Waals surface area contributed by atoms with Gasteiger partial charge < -0.3 is 19.6 Å².